The Balaban J connectivity index is 1.64. The number of amides is 1. The number of hydrogen-bond acceptors (Lipinski definition) is 4. The summed E-state index contributed by atoms with van der Waals surface area (Å²) in [5.74, 6) is 0.701. The standard InChI is InChI=1S/C15H20N4O2/c1-9-3-4-11-12(7-9)19-13(18-11)8-17-15(20)14-10(2)21-6-5-16-14/h3-4,7,10,14,16H,5-6,8H2,1-2H3,(H,17,20)(H,18,19)/t10-,14+/m1/s1. The molecule has 0 saturated carbocycles. The summed E-state index contributed by atoms with van der Waals surface area (Å²) in [5.41, 5.74) is 3.09. The molecule has 1 aromatic carbocycles. The molecule has 2 atom stereocenters. The molecule has 6 heteroatoms. The predicted molar refractivity (Wildman–Crippen MR) is 79.9 cm³/mol. The second-order valence-corrected chi connectivity index (χ2v) is 5.43. The van der Waals surface area contributed by atoms with Crippen LogP contribution in [0.5, 0.6) is 0 Å². The highest BCUT2D eigenvalue weighted by atomic mass is 16.5. The molecule has 0 aliphatic carbocycles. The summed E-state index contributed by atoms with van der Waals surface area (Å²) in [6, 6.07) is 5.75. The number of fused-ring (bicyclic) bond motifs is 1. The van der Waals surface area contributed by atoms with Gasteiger partial charge < -0.3 is 20.4 Å². The van der Waals surface area contributed by atoms with Gasteiger partial charge in [0.1, 0.15) is 11.9 Å². The summed E-state index contributed by atoms with van der Waals surface area (Å²) < 4.78 is 5.48. The first-order chi connectivity index (χ1) is 10.1. The van der Waals surface area contributed by atoms with Crippen molar-refractivity contribution in [2.75, 3.05) is 13.2 Å². The third-order valence-electron chi connectivity index (χ3n) is 3.72. The number of hydrogen-bond donors (Lipinski definition) is 3. The Morgan fingerprint density at radius 3 is 3.19 bits per heavy atom. The van der Waals surface area contributed by atoms with Crippen LogP contribution in [-0.2, 0) is 16.1 Å². The third kappa shape index (κ3) is 3.06. The zero-order valence-electron chi connectivity index (χ0n) is 12.3. The second kappa shape index (κ2) is 5.83. The van der Waals surface area contributed by atoms with E-state index in [0.29, 0.717) is 19.7 Å². The lowest BCUT2D eigenvalue weighted by molar-refractivity contribution is -0.129. The van der Waals surface area contributed by atoms with Crippen LogP contribution in [0.1, 0.15) is 18.3 Å². The minimum Gasteiger partial charge on any atom is -0.375 e. The number of rotatable bonds is 3. The number of imidazole rings is 1. The van der Waals surface area contributed by atoms with Crippen LogP contribution in [0.15, 0.2) is 18.2 Å². The zero-order chi connectivity index (χ0) is 14.8. The van der Waals surface area contributed by atoms with E-state index < -0.39 is 0 Å². The quantitative estimate of drug-likeness (QED) is 0.783. The second-order valence-electron chi connectivity index (χ2n) is 5.43. The van der Waals surface area contributed by atoms with Gasteiger partial charge in [-0.05, 0) is 31.5 Å². The molecule has 21 heavy (non-hydrogen) atoms. The average Bonchev–Trinajstić information content (AvgIpc) is 2.87. The van der Waals surface area contributed by atoms with Crippen LogP contribution >= 0.6 is 0 Å². The van der Waals surface area contributed by atoms with Crippen LogP contribution in [0.25, 0.3) is 11.0 Å². The summed E-state index contributed by atoms with van der Waals surface area (Å²) in [5, 5.41) is 6.07. The van der Waals surface area contributed by atoms with Crippen LogP contribution in [-0.4, -0.2) is 41.2 Å². The van der Waals surface area contributed by atoms with Gasteiger partial charge in [0.15, 0.2) is 0 Å². The van der Waals surface area contributed by atoms with Crippen LogP contribution in [0.2, 0.25) is 0 Å². The van der Waals surface area contributed by atoms with Crippen molar-refractivity contribution in [1.82, 2.24) is 20.6 Å². The van der Waals surface area contributed by atoms with Gasteiger partial charge in [0.2, 0.25) is 5.91 Å². The number of ether oxygens (including phenoxy) is 1. The van der Waals surface area contributed by atoms with E-state index in [-0.39, 0.29) is 18.1 Å². The van der Waals surface area contributed by atoms with Crippen molar-refractivity contribution in [3.63, 3.8) is 0 Å². The average molecular weight is 288 g/mol. The fraction of sp³-hybridized carbons (Fsp3) is 0.467. The first-order valence-corrected chi connectivity index (χ1v) is 7.21. The van der Waals surface area contributed by atoms with Gasteiger partial charge in [0, 0.05) is 6.54 Å². The molecular formula is C15H20N4O2. The number of carbonyl (C=O) groups excluding carboxylic acids is 1. The summed E-state index contributed by atoms with van der Waals surface area (Å²) in [4.78, 5) is 19.9. The number of aryl methyl sites for hydroxylation is 1. The van der Waals surface area contributed by atoms with E-state index in [1.54, 1.807) is 0 Å². The van der Waals surface area contributed by atoms with Gasteiger partial charge in [0.05, 0.1) is 30.3 Å². The molecule has 1 aliphatic rings. The molecule has 1 aromatic heterocycles. The number of benzene rings is 1. The number of carbonyl (C=O) groups is 1. The molecule has 1 amide bonds. The fourth-order valence-corrected chi connectivity index (χ4v) is 2.57. The maximum Gasteiger partial charge on any atom is 0.240 e. The highest BCUT2D eigenvalue weighted by molar-refractivity contribution is 5.82. The molecule has 6 nitrogen and oxygen atoms in total. The number of H-pyrrole nitrogens is 1. The van der Waals surface area contributed by atoms with Crippen molar-refractivity contribution < 1.29 is 9.53 Å². The van der Waals surface area contributed by atoms with E-state index in [1.165, 1.54) is 5.56 Å². The number of aromatic nitrogens is 2. The molecule has 1 fully saturated rings. The normalized spacial score (nSPS) is 22.4. The van der Waals surface area contributed by atoms with Crippen LogP contribution in [0.3, 0.4) is 0 Å². The van der Waals surface area contributed by atoms with Gasteiger partial charge >= 0.3 is 0 Å². The lowest BCUT2D eigenvalue weighted by atomic mass is 10.1. The van der Waals surface area contributed by atoms with E-state index in [9.17, 15) is 4.79 Å². The Labute approximate surface area is 123 Å². The molecular weight excluding hydrogens is 268 g/mol. The molecule has 0 unspecified atom stereocenters. The molecule has 3 rings (SSSR count). The number of nitrogens with zero attached hydrogens (tertiary/aromatic N) is 1. The summed E-state index contributed by atoms with van der Waals surface area (Å²) >= 11 is 0. The molecule has 112 valence electrons. The van der Waals surface area contributed by atoms with Crippen LogP contribution < -0.4 is 10.6 Å². The molecule has 0 spiro atoms. The summed E-state index contributed by atoms with van der Waals surface area (Å²) in [6.07, 6.45) is -0.114. The maximum absolute atomic E-state index is 12.2. The molecule has 0 bridgehead atoms. The Morgan fingerprint density at radius 1 is 1.52 bits per heavy atom. The molecule has 0 radical (unpaired) electrons. The Morgan fingerprint density at radius 2 is 2.38 bits per heavy atom. The lowest BCUT2D eigenvalue weighted by Crippen LogP contribution is -2.55. The van der Waals surface area contributed by atoms with E-state index >= 15 is 0 Å². The minimum atomic E-state index is -0.301. The summed E-state index contributed by atoms with van der Waals surface area (Å²) in [6.45, 7) is 5.68. The first-order valence-electron chi connectivity index (χ1n) is 7.21. The number of morpholine rings is 1. The maximum atomic E-state index is 12.2. The number of nitrogens with one attached hydrogen (secondary N) is 3. The van der Waals surface area contributed by atoms with Crippen molar-refractivity contribution in [3.05, 3.63) is 29.6 Å². The Kier molecular flexibility index (Phi) is 3.90. The highest BCUT2D eigenvalue weighted by Crippen LogP contribution is 2.13. The SMILES string of the molecule is Cc1ccc2nc(CNC(=O)[C@H]3NCCO[C@@H]3C)[nH]c2c1. The molecule has 1 saturated heterocycles. The van der Waals surface area contributed by atoms with E-state index in [2.05, 4.69) is 20.6 Å². The van der Waals surface area contributed by atoms with Gasteiger partial charge in [-0.25, -0.2) is 4.98 Å². The largest absolute Gasteiger partial charge is 0.375 e. The van der Waals surface area contributed by atoms with Crippen molar-refractivity contribution in [2.45, 2.75) is 32.5 Å². The van der Waals surface area contributed by atoms with E-state index in [1.807, 2.05) is 32.0 Å². The van der Waals surface area contributed by atoms with Gasteiger partial charge in [-0.1, -0.05) is 6.07 Å². The minimum absolute atomic E-state index is 0.0566. The van der Waals surface area contributed by atoms with Crippen LogP contribution in [0.4, 0.5) is 0 Å². The van der Waals surface area contributed by atoms with Crippen molar-refractivity contribution >= 4 is 16.9 Å². The molecule has 2 heterocycles. The first kappa shape index (κ1) is 14.0. The zero-order valence-corrected chi connectivity index (χ0v) is 12.3. The Hall–Kier alpha value is -1.92. The van der Waals surface area contributed by atoms with Crippen molar-refractivity contribution in [3.8, 4) is 0 Å². The molecule has 1 aliphatic heterocycles. The van der Waals surface area contributed by atoms with E-state index in [0.717, 1.165) is 16.9 Å². The van der Waals surface area contributed by atoms with Crippen molar-refractivity contribution in [2.24, 2.45) is 0 Å². The molecule has 2 aromatic rings. The van der Waals surface area contributed by atoms with Crippen LogP contribution in [0, 0.1) is 6.92 Å². The fourth-order valence-electron chi connectivity index (χ4n) is 2.57. The van der Waals surface area contributed by atoms with E-state index in [4.69, 9.17) is 4.74 Å². The van der Waals surface area contributed by atoms with Gasteiger partial charge in [-0.2, -0.15) is 0 Å². The monoisotopic (exact) mass is 288 g/mol. The van der Waals surface area contributed by atoms with Gasteiger partial charge in [0.25, 0.3) is 0 Å². The molecule has 3 N–H and O–H groups in total. The topological polar surface area (TPSA) is 79.0 Å². The highest BCUT2D eigenvalue weighted by Gasteiger charge is 2.28. The summed E-state index contributed by atoms with van der Waals surface area (Å²) in [7, 11) is 0. The van der Waals surface area contributed by atoms with Gasteiger partial charge in [-0.15, -0.1) is 0 Å². The Bertz CT molecular complexity index is 652. The third-order valence-corrected chi connectivity index (χ3v) is 3.72. The number of aromatic amines is 1. The predicted octanol–water partition coefficient (Wildman–Crippen LogP) is 0.864. The van der Waals surface area contributed by atoms with Crippen molar-refractivity contribution in [1.29, 1.82) is 0 Å². The smallest absolute Gasteiger partial charge is 0.240 e. The lowest BCUT2D eigenvalue weighted by Gasteiger charge is -2.29. The van der Waals surface area contributed by atoms with Gasteiger partial charge in [-0.3, -0.25) is 4.79 Å².